The molecule has 6 nitrogen and oxygen atoms in total. The fourth-order valence-corrected chi connectivity index (χ4v) is 3.27. The van der Waals surface area contributed by atoms with Gasteiger partial charge in [-0.3, -0.25) is 0 Å². The lowest BCUT2D eigenvalue weighted by Gasteiger charge is -2.41. The molecule has 1 aromatic carbocycles. The van der Waals surface area contributed by atoms with Gasteiger partial charge in [0.05, 0.1) is 6.42 Å². The number of likely N-dealkylation sites (tertiary alicyclic amines) is 1. The van der Waals surface area contributed by atoms with E-state index in [-0.39, 0.29) is 19.4 Å². The van der Waals surface area contributed by atoms with Crippen LogP contribution < -0.4 is 0 Å². The van der Waals surface area contributed by atoms with Crippen molar-refractivity contribution < 1.29 is 28.7 Å². The highest BCUT2D eigenvalue weighted by Gasteiger charge is 2.65. The van der Waals surface area contributed by atoms with Crippen LogP contribution in [0.1, 0.15) is 39.2 Å². The van der Waals surface area contributed by atoms with Crippen molar-refractivity contribution in [2.24, 2.45) is 0 Å². The van der Waals surface area contributed by atoms with Gasteiger partial charge in [0.25, 0.3) is 0 Å². The number of ether oxygens (including phenoxy) is 1. The second-order valence-corrected chi connectivity index (χ2v) is 6.72. The summed E-state index contributed by atoms with van der Waals surface area (Å²) in [6.45, 7) is 5.03. The largest absolute Gasteiger partial charge is 0.522 e. The summed E-state index contributed by atoms with van der Waals surface area (Å²) in [5, 5.41) is 9.72. The fourth-order valence-electron chi connectivity index (χ4n) is 3.27. The maximum Gasteiger partial charge on any atom is 0.522 e. The maximum absolute atomic E-state index is 12.5. The van der Waals surface area contributed by atoms with Crippen LogP contribution in [0.15, 0.2) is 30.3 Å². The predicted octanol–water partition coefficient (Wildman–Crippen LogP) is 2.71. The molecule has 1 aromatic rings. The van der Waals surface area contributed by atoms with E-state index in [0.717, 1.165) is 5.56 Å². The van der Waals surface area contributed by atoms with E-state index >= 15 is 0 Å². The highest BCUT2D eigenvalue weighted by atomic mass is 16.5. The van der Waals surface area contributed by atoms with Gasteiger partial charge in [-0.1, -0.05) is 30.3 Å². The number of carboxylic acid groups (broad SMARTS) is 1. The molecule has 0 aliphatic carbocycles. The molecule has 6 heteroatoms. The van der Waals surface area contributed by atoms with Gasteiger partial charge in [0.2, 0.25) is 6.04 Å². The van der Waals surface area contributed by atoms with E-state index in [2.05, 4.69) is 0 Å². The summed E-state index contributed by atoms with van der Waals surface area (Å²) in [5.74, 6) is -1.09. The summed E-state index contributed by atoms with van der Waals surface area (Å²) >= 11 is 0. The average molecular weight is 320 g/mol. The van der Waals surface area contributed by atoms with Gasteiger partial charge in [0.15, 0.2) is 0 Å². The van der Waals surface area contributed by atoms with Crippen molar-refractivity contribution >= 4 is 18.0 Å². The van der Waals surface area contributed by atoms with Crippen molar-refractivity contribution in [3.05, 3.63) is 35.9 Å². The van der Waals surface area contributed by atoms with Crippen LogP contribution in [0.25, 0.3) is 0 Å². The molecule has 1 unspecified atom stereocenters. The van der Waals surface area contributed by atoms with Crippen molar-refractivity contribution in [1.29, 1.82) is 0 Å². The minimum Gasteiger partial charge on any atom is -0.456 e. The van der Waals surface area contributed by atoms with E-state index in [9.17, 15) is 19.5 Å². The first kappa shape index (κ1) is 17.1. The molecule has 2 atom stereocenters. The Morgan fingerprint density at radius 1 is 1.26 bits per heavy atom. The summed E-state index contributed by atoms with van der Waals surface area (Å²) in [4.78, 5) is 36.7. The average Bonchev–Trinajstić information content (AvgIpc) is 2.84. The molecule has 0 bridgehead atoms. The quantitative estimate of drug-likeness (QED) is 0.684. The number of carbonyl (C=O) groups excluding carboxylic acids is 2. The second-order valence-electron chi connectivity index (χ2n) is 6.72. The van der Waals surface area contributed by atoms with Gasteiger partial charge in [-0.2, -0.15) is 4.79 Å². The molecule has 0 radical (unpaired) electrons. The Kier molecular flexibility index (Phi) is 4.56. The zero-order chi connectivity index (χ0) is 17.3. The second kappa shape index (κ2) is 6.12. The van der Waals surface area contributed by atoms with Gasteiger partial charge in [-0.15, -0.1) is 4.48 Å². The Balaban J connectivity index is 2.24. The number of hydrogen-bond donors (Lipinski definition) is 1. The van der Waals surface area contributed by atoms with Gasteiger partial charge in [0.1, 0.15) is 12.1 Å². The maximum atomic E-state index is 12.5. The third-order valence-electron chi connectivity index (χ3n) is 4.35. The summed E-state index contributed by atoms with van der Waals surface area (Å²) in [7, 11) is 0. The number of amides is 2. The molecular weight excluding hydrogens is 298 g/mol. The van der Waals surface area contributed by atoms with E-state index in [1.807, 2.05) is 30.3 Å². The van der Waals surface area contributed by atoms with Gasteiger partial charge in [0, 0.05) is 6.42 Å². The van der Waals surface area contributed by atoms with E-state index in [1.54, 1.807) is 20.8 Å². The minimum absolute atomic E-state index is 0.0636. The predicted molar refractivity (Wildman–Crippen MR) is 82.3 cm³/mol. The molecule has 0 saturated carbocycles. The van der Waals surface area contributed by atoms with Crippen LogP contribution in [0, 0.1) is 0 Å². The van der Waals surface area contributed by atoms with Crippen LogP contribution in [0.5, 0.6) is 0 Å². The highest BCUT2D eigenvalue weighted by molar-refractivity contribution is 5.89. The van der Waals surface area contributed by atoms with Crippen molar-refractivity contribution in [2.75, 3.05) is 0 Å². The van der Waals surface area contributed by atoms with Gasteiger partial charge in [-0.25, -0.2) is 9.59 Å². The Bertz CT molecular complexity index is 620. The van der Waals surface area contributed by atoms with Crippen molar-refractivity contribution in [2.45, 2.75) is 51.8 Å². The molecule has 1 fully saturated rings. The summed E-state index contributed by atoms with van der Waals surface area (Å²) in [5.41, 5.74) is -0.120. The molecule has 0 aromatic heterocycles. The Hall–Kier alpha value is -2.21. The monoisotopic (exact) mass is 320 g/mol. The van der Waals surface area contributed by atoms with Gasteiger partial charge < -0.3 is 9.84 Å². The molecule has 2 rings (SSSR count). The molecular formula is C17H22NO5+. The summed E-state index contributed by atoms with van der Waals surface area (Å²) in [6, 6.07) is 8.13. The highest BCUT2D eigenvalue weighted by Crippen LogP contribution is 2.38. The standard InChI is InChI=1S/C17H21NO5/c1-17(2,3)18(16(21)22)13(9-10-14(18)19)15(20)23-11-12-7-5-4-6-8-12/h4-8,13H,9-11H2,1-3H3/p+1/t13-,18?/m0/s1. The van der Waals surface area contributed by atoms with Crippen LogP contribution in [0.3, 0.4) is 0 Å². The van der Waals surface area contributed by atoms with Crippen LogP contribution in [0.2, 0.25) is 0 Å². The molecule has 1 saturated heterocycles. The zero-order valence-corrected chi connectivity index (χ0v) is 13.6. The molecule has 1 aliphatic rings. The number of quaternary nitrogens is 1. The first-order chi connectivity index (χ1) is 10.7. The number of carbonyl (C=O) groups is 3. The lowest BCUT2D eigenvalue weighted by atomic mass is 9.99. The number of hydrogen-bond acceptors (Lipinski definition) is 4. The van der Waals surface area contributed by atoms with Gasteiger partial charge in [-0.05, 0) is 26.3 Å². The number of nitrogens with zero attached hydrogens (tertiary/aromatic N) is 1. The fraction of sp³-hybridized carbons (Fsp3) is 0.471. The van der Waals surface area contributed by atoms with Crippen LogP contribution >= 0.6 is 0 Å². The Morgan fingerprint density at radius 3 is 2.39 bits per heavy atom. The molecule has 1 heterocycles. The Labute approximate surface area is 135 Å². The lowest BCUT2D eigenvalue weighted by Crippen LogP contribution is -2.69. The lowest BCUT2D eigenvalue weighted by molar-refractivity contribution is -0.839. The number of rotatable bonds is 3. The van der Waals surface area contributed by atoms with E-state index < -0.39 is 34.0 Å². The van der Waals surface area contributed by atoms with Crippen LogP contribution in [-0.2, 0) is 20.9 Å². The van der Waals surface area contributed by atoms with Crippen LogP contribution in [-0.4, -0.2) is 39.1 Å². The van der Waals surface area contributed by atoms with Crippen molar-refractivity contribution in [3.8, 4) is 0 Å². The third-order valence-corrected chi connectivity index (χ3v) is 4.35. The molecule has 2 amide bonds. The minimum atomic E-state index is -1.30. The molecule has 23 heavy (non-hydrogen) atoms. The third kappa shape index (κ3) is 2.86. The number of imide groups is 1. The topological polar surface area (TPSA) is 80.7 Å². The summed E-state index contributed by atoms with van der Waals surface area (Å²) < 4.78 is 4.39. The normalized spacial score (nSPS) is 24.5. The molecule has 1 aliphatic heterocycles. The number of benzene rings is 1. The molecule has 0 spiro atoms. The zero-order valence-electron chi connectivity index (χ0n) is 13.6. The molecule has 1 N–H and O–H groups in total. The Morgan fingerprint density at radius 2 is 1.87 bits per heavy atom. The first-order valence-electron chi connectivity index (χ1n) is 7.57. The first-order valence-corrected chi connectivity index (χ1v) is 7.57. The van der Waals surface area contributed by atoms with Gasteiger partial charge >= 0.3 is 18.0 Å². The summed E-state index contributed by atoms with van der Waals surface area (Å²) in [6.07, 6.45) is -1.05. The SMILES string of the molecule is CC(C)(C)[N+]1(C(=O)O)C(=O)CC[C@H]1C(=O)OCc1ccccc1. The molecule has 124 valence electrons. The van der Waals surface area contributed by atoms with Crippen molar-refractivity contribution in [3.63, 3.8) is 0 Å². The van der Waals surface area contributed by atoms with E-state index in [4.69, 9.17) is 4.74 Å². The smallest absolute Gasteiger partial charge is 0.456 e. The van der Waals surface area contributed by atoms with E-state index in [1.165, 1.54) is 0 Å². The number of esters is 1. The van der Waals surface area contributed by atoms with E-state index in [0.29, 0.717) is 0 Å². The van der Waals surface area contributed by atoms with Crippen LogP contribution in [0.4, 0.5) is 4.79 Å². The van der Waals surface area contributed by atoms with Crippen molar-refractivity contribution in [1.82, 2.24) is 0 Å².